The Balaban J connectivity index is 0.773. The van der Waals surface area contributed by atoms with E-state index in [-0.39, 0.29) is 42.5 Å². The minimum absolute atomic E-state index is 0.0355. The number of amides is 4. The fourth-order valence-electron chi connectivity index (χ4n) is 9.06. The number of benzene rings is 3. The number of nitrogen functional groups attached to an aromatic ring is 1. The van der Waals surface area contributed by atoms with Crippen molar-refractivity contribution in [1.82, 2.24) is 30.6 Å². The Morgan fingerprint density at radius 1 is 0.852 bits per heavy atom. The highest BCUT2D eigenvalue weighted by Crippen LogP contribution is 2.40. The number of ether oxygens (including phenoxy) is 2. The van der Waals surface area contributed by atoms with Gasteiger partial charge in [0.2, 0.25) is 17.7 Å². The number of likely N-dealkylation sites (tertiary alicyclic amines) is 2. The average Bonchev–Trinajstić information content (AvgIpc) is 3.28. The summed E-state index contributed by atoms with van der Waals surface area (Å²) >= 11 is 0. The van der Waals surface area contributed by atoms with Gasteiger partial charge in [-0.3, -0.25) is 29.4 Å². The van der Waals surface area contributed by atoms with E-state index in [4.69, 9.17) is 15.2 Å². The molecule has 4 aromatic rings. The number of phenolic OH excluding ortho intramolecular Hbond substituents is 1. The second-order valence-electron chi connectivity index (χ2n) is 16.6. The molecule has 0 unspecified atom stereocenters. The Bertz CT molecular complexity index is 2180. The molecule has 15 heteroatoms. The molecule has 61 heavy (non-hydrogen) atoms. The Kier molecular flexibility index (Phi) is 12.8. The number of imide groups is 1. The summed E-state index contributed by atoms with van der Waals surface area (Å²) in [5, 5.41) is 24.3. The third-order valence-electron chi connectivity index (χ3n) is 12.7. The lowest BCUT2D eigenvalue weighted by atomic mass is 9.84. The van der Waals surface area contributed by atoms with Crippen LogP contribution in [0.4, 0.5) is 11.5 Å². The minimum atomic E-state index is -0.673. The maximum atomic E-state index is 13.4. The fraction of sp³-hybridized carbons (Fsp3) is 0.435. The number of nitrogens with zero attached hydrogens (tertiary/aromatic N) is 5. The zero-order valence-electron chi connectivity index (χ0n) is 34.3. The number of rotatable bonds is 12. The zero-order chi connectivity index (χ0) is 42.3. The quantitative estimate of drug-likeness (QED) is 0.150. The number of piperidine rings is 4. The number of aromatic hydroxyl groups is 1. The van der Waals surface area contributed by atoms with E-state index in [1.807, 2.05) is 71.6 Å². The molecule has 0 saturated carbocycles. The number of carbonyl (C=O) groups is 4. The molecule has 1 atom stereocenters. The zero-order valence-corrected chi connectivity index (χ0v) is 34.3. The lowest BCUT2D eigenvalue weighted by molar-refractivity contribution is -0.139. The normalized spacial score (nSPS) is 20.2. The van der Waals surface area contributed by atoms with E-state index >= 15 is 0 Å². The molecule has 5 N–H and O–H groups in total. The topological polar surface area (TPSA) is 193 Å². The van der Waals surface area contributed by atoms with Gasteiger partial charge in [0.25, 0.3) is 5.91 Å². The van der Waals surface area contributed by atoms with Crippen molar-refractivity contribution in [2.45, 2.75) is 75.0 Å². The van der Waals surface area contributed by atoms with Crippen molar-refractivity contribution in [3.05, 3.63) is 96.1 Å². The van der Waals surface area contributed by atoms with Gasteiger partial charge in [-0.25, -0.2) is 0 Å². The van der Waals surface area contributed by atoms with Crippen molar-refractivity contribution >= 4 is 35.1 Å². The van der Waals surface area contributed by atoms with Crippen LogP contribution in [0.25, 0.3) is 11.3 Å². The van der Waals surface area contributed by atoms with Crippen LogP contribution >= 0.6 is 0 Å². The average molecular weight is 831 g/mol. The highest BCUT2D eigenvalue weighted by Gasteiger charge is 2.39. The van der Waals surface area contributed by atoms with Crippen LogP contribution in [0.5, 0.6) is 11.5 Å². The van der Waals surface area contributed by atoms with Gasteiger partial charge in [-0.15, -0.1) is 10.2 Å². The summed E-state index contributed by atoms with van der Waals surface area (Å²) in [5.74, 6) is 0.706. The maximum Gasteiger partial charge on any atom is 0.267 e. The van der Waals surface area contributed by atoms with Crippen LogP contribution in [0.3, 0.4) is 0 Å². The standard InChI is InChI=1S/C46H54N8O7/c47-44-38(28-37(50-51-44)36-8-4-5-9-39(36)55)53-26-20-46(21-27-53,33-6-2-1-3-7-33)60-30-42(57)48-34-18-24-54(25-19-34)43(58)29-52-22-16-32(17-23-52)31-10-12-35(13-11-31)61-40-14-15-41(56)49-45(40)59/h1-13,28,32,34,40,55H,14-27,29-30H2,(H2,47,51)(H,48,57)(H,49,56,59)/t40-/m0/s1. The van der Waals surface area contributed by atoms with Crippen LogP contribution < -0.4 is 26.0 Å². The summed E-state index contributed by atoms with van der Waals surface area (Å²) in [6.45, 7) is 4.36. The van der Waals surface area contributed by atoms with Gasteiger partial charge in [0.05, 0.1) is 23.5 Å². The van der Waals surface area contributed by atoms with E-state index in [1.54, 1.807) is 18.2 Å². The first-order valence-corrected chi connectivity index (χ1v) is 21.4. The van der Waals surface area contributed by atoms with Crippen LogP contribution in [-0.2, 0) is 29.5 Å². The van der Waals surface area contributed by atoms with Crippen molar-refractivity contribution in [3.63, 3.8) is 0 Å². The monoisotopic (exact) mass is 830 g/mol. The molecular weight excluding hydrogens is 777 g/mol. The number of phenols is 1. The fourth-order valence-corrected chi connectivity index (χ4v) is 9.06. The van der Waals surface area contributed by atoms with Crippen molar-refractivity contribution < 1.29 is 33.8 Å². The van der Waals surface area contributed by atoms with Gasteiger partial charge in [-0.1, -0.05) is 54.6 Å². The van der Waals surface area contributed by atoms with E-state index < -0.39 is 17.6 Å². The van der Waals surface area contributed by atoms with Crippen molar-refractivity contribution in [2.75, 3.05) is 63.1 Å². The first kappa shape index (κ1) is 41.7. The van der Waals surface area contributed by atoms with Gasteiger partial charge in [-0.05, 0) is 99.0 Å². The molecule has 5 heterocycles. The molecule has 0 radical (unpaired) electrons. The number of aromatic nitrogens is 2. The first-order chi connectivity index (χ1) is 29.6. The van der Waals surface area contributed by atoms with Crippen molar-refractivity contribution in [3.8, 4) is 22.8 Å². The van der Waals surface area contributed by atoms with E-state index in [0.29, 0.717) is 93.6 Å². The molecule has 4 aliphatic heterocycles. The SMILES string of the molecule is Nc1nnc(-c2ccccc2O)cc1N1CCC(OCC(=O)NC2CCN(C(=O)CN3CCC(c4ccc(O[C@H]5CCC(=O)NC5=O)cc4)CC3)CC2)(c2ccccc2)CC1. The summed E-state index contributed by atoms with van der Waals surface area (Å²) in [4.78, 5) is 56.5. The lowest BCUT2D eigenvalue weighted by Crippen LogP contribution is -2.50. The smallest absolute Gasteiger partial charge is 0.267 e. The molecule has 0 aliphatic carbocycles. The number of para-hydroxylation sites is 1. The van der Waals surface area contributed by atoms with Gasteiger partial charge in [-0.2, -0.15) is 0 Å². The summed E-state index contributed by atoms with van der Waals surface area (Å²) < 4.78 is 12.4. The van der Waals surface area contributed by atoms with E-state index in [9.17, 15) is 24.3 Å². The van der Waals surface area contributed by atoms with Gasteiger partial charge in [0, 0.05) is 50.6 Å². The molecule has 4 aliphatic rings. The number of carbonyl (C=O) groups excluding carboxylic acids is 4. The largest absolute Gasteiger partial charge is 0.507 e. The van der Waals surface area contributed by atoms with Gasteiger partial charge < -0.3 is 35.4 Å². The summed E-state index contributed by atoms with van der Waals surface area (Å²) in [7, 11) is 0. The Morgan fingerprint density at radius 2 is 1.56 bits per heavy atom. The molecule has 8 rings (SSSR count). The molecule has 4 fully saturated rings. The molecule has 0 spiro atoms. The molecule has 4 saturated heterocycles. The molecule has 0 bridgehead atoms. The summed E-state index contributed by atoms with van der Waals surface area (Å²) in [6, 6.07) is 26.7. The highest BCUT2D eigenvalue weighted by molar-refractivity contribution is 5.99. The Hall–Kier alpha value is -6.06. The third-order valence-corrected chi connectivity index (χ3v) is 12.7. The third kappa shape index (κ3) is 9.95. The van der Waals surface area contributed by atoms with Crippen molar-refractivity contribution in [2.24, 2.45) is 0 Å². The molecular formula is C46H54N8O7. The predicted molar refractivity (Wildman–Crippen MR) is 228 cm³/mol. The van der Waals surface area contributed by atoms with Crippen LogP contribution in [0.1, 0.15) is 68.4 Å². The number of hydrogen-bond acceptors (Lipinski definition) is 12. The molecule has 1 aromatic heterocycles. The molecule has 4 amide bonds. The molecule has 15 nitrogen and oxygen atoms in total. The summed E-state index contributed by atoms with van der Waals surface area (Å²) in [6.07, 6.45) is 4.49. The van der Waals surface area contributed by atoms with Gasteiger partial charge in [0.1, 0.15) is 18.1 Å². The van der Waals surface area contributed by atoms with Crippen LogP contribution in [-0.4, -0.2) is 113 Å². The number of hydrogen-bond donors (Lipinski definition) is 4. The molecule has 320 valence electrons. The maximum absolute atomic E-state index is 13.4. The Labute approximate surface area is 355 Å². The van der Waals surface area contributed by atoms with E-state index in [0.717, 1.165) is 37.2 Å². The Morgan fingerprint density at radius 3 is 2.26 bits per heavy atom. The second-order valence-corrected chi connectivity index (χ2v) is 16.6. The summed E-state index contributed by atoms with van der Waals surface area (Å²) in [5.41, 5.74) is 9.72. The van der Waals surface area contributed by atoms with Crippen LogP contribution in [0.2, 0.25) is 0 Å². The van der Waals surface area contributed by atoms with Crippen LogP contribution in [0.15, 0.2) is 84.9 Å². The lowest BCUT2D eigenvalue weighted by Gasteiger charge is -2.43. The molecule has 3 aromatic carbocycles. The van der Waals surface area contributed by atoms with E-state index in [1.165, 1.54) is 5.56 Å². The van der Waals surface area contributed by atoms with Crippen molar-refractivity contribution in [1.29, 1.82) is 0 Å². The predicted octanol–water partition coefficient (Wildman–Crippen LogP) is 4.11. The minimum Gasteiger partial charge on any atom is -0.507 e. The van der Waals surface area contributed by atoms with Gasteiger partial charge in [0.15, 0.2) is 11.9 Å². The van der Waals surface area contributed by atoms with E-state index in [2.05, 4.69) is 30.6 Å². The highest BCUT2D eigenvalue weighted by atomic mass is 16.5. The first-order valence-electron chi connectivity index (χ1n) is 21.4. The number of nitrogens with two attached hydrogens (primary N) is 1. The van der Waals surface area contributed by atoms with Gasteiger partial charge >= 0.3 is 0 Å². The van der Waals surface area contributed by atoms with Crippen LogP contribution in [0, 0.1) is 0 Å². The number of anilines is 2. The second kappa shape index (κ2) is 18.7. The number of nitrogens with one attached hydrogen (secondary N) is 2.